The highest BCUT2D eigenvalue weighted by atomic mass is 16.1. The monoisotopic (exact) mass is 178 g/mol. The summed E-state index contributed by atoms with van der Waals surface area (Å²) in [5, 5.41) is 0. The van der Waals surface area contributed by atoms with E-state index in [4.69, 9.17) is 0 Å². The summed E-state index contributed by atoms with van der Waals surface area (Å²) in [5.41, 5.74) is 2.41. The average Bonchev–Trinajstić information content (AvgIpc) is 2.11. The van der Waals surface area contributed by atoms with E-state index < -0.39 is 0 Å². The van der Waals surface area contributed by atoms with Gasteiger partial charge in [-0.25, -0.2) is 0 Å². The Labute approximate surface area is 80.5 Å². The van der Waals surface area contributed by atoms with Crippen LogP contribution in [0.25, 0.3) is 0 Å². The number of carbonyl (C=O) groups is 1. The zero-order chi connectivity index (χ0) is 9.68. The van der Waals surface area contributed by atoms with E-state index in [-0.39, 0.29) is 0 Å². The van der Waals surface area contributed by atoms with Crippen molar-refractivity contribution in [3.05, 3.63) is 23.3 Å². The maximum Gasteiger partial charge on any atom is 0.158 e. The molecule has 0 amide bonds. The molecular formula is C12H18O. The Bertz CT molecular complexity index is 246. The third-order valence-electron chi connectivity index (χ3n) is 2.53. The number of allylic oxidation sites excluding steroid dienone is 4. The molecular weight excluding hydrogens is 160 g/mol. The molecule has 0 fully saturated rings. The van der Waals surface area contributed by atoms with Crippen molar-refractivity contribution in [3.63, 3.8) is 0 Å². The van der Waals surface area contributed by atoms with Gasteiger partial charge in [0.2, 0.25) is 0 Å². The van der Waals surface area contributed by atoms with E-state index in [1.54, 1.807) is 0 Å². The molecule has 0 bridgehead atoms. The highest BCUT2D eigenvalue weighted by Gasteiger charge is 2.04. The van der Waals surface area contributed by atoms with Crippen LogP contribution in [0, 0.1) is 0 Å². The topological polar surface area (TPSA) is 17.1 Å². The molecule has 1 nitrogen and oxygen atoms in total. The van der Waals surface area contributed by atoms with E-state index in [1.165, 1.54) is 5.57 Å². The summed E-state index contributed by atoms with van der Waals surface area (Å²) in [6, 6.07) is 0. The van der Waals surface area contributed by atoms with Crippen LogP contribution in [0.15, 0.2) is 23.3 Å². The summed E-state index contributed by atoms with van der Waals surface area (Å²) < 4.78 is 0. The van der Waals surface area contributed by atoms with Crippen molar-refractivity contribution in [2.45, 2.75) is 46.0 Å². The molecule has 0 saturated heterocycles. The van der Waals surface area contributed by atoms with Gasteiger partial charge >= 0.3 is 0 Å². The van der Waals surface area contributed by atoms with Gasteiger partial charge in [-0.05, 0) is 45.1 Å². The van der Waals surface area contributed by atoms with Crippen molar-refractivity contribution in [2.75, 3.05) is 0 Å². The Kier molecular flexibility index (Phi) is 3.94. The predicted molar refractivity (Wildman–Crippen MR) is 55.6 cm³/mol. The minimum Gasteiger partial charge on any atom is -0.295 e. The van der Waals surface area contributed by atoms with Gasteiger partial charge in [0.1, 0.15) is 0 Å². The van der Waals surface area contributed by atoms with Gasteiger partial charge in [-0.3, -0.25) is 4.79 Å². The predicted octanol–water partition coefficient (Wildman–Crippen LogP) is 3.41. The fraction of sp³-hybridized carbons (Fsp3) is 0.583. The summed E-state index contributed by atoms with van der Waals surface area (Å²) in [7, 11) is 0. The van der Waals surface area contributed by atoms with Crippen LogP contribution >= 0.6 is 0 Å². The lowest BCUT2D eigenvalue weighted by Gasteiger charge is -2.04. The number of rotatable bonds is 0. The van der Waals surface area contributed by atoms with Crippen molar-refractivity contribution in [3.8, 4) is 0 Å². The Morgan fingerprint density at radius 1 is 1.08 bits per heavy atom. The zero-order valence-corrected chi connectivity index (χ0v) is 8.60. The highest BCUT2D eigenvalue weighted by molar-refractivity contribution is 5.94. The molecule has 1 rings (SSSR count). The zero-order valence-electron chi connectivity index (χ0n) is 8.60. The molecule has 13 heavy (non-hydrogen) atoms. The van der Waals surface area contributed by atoms with Crippen molar-refractivity contribution in [2.24, 2.45) is 0 Å². The number of ketones is 1. The van der Waals surface area contributed by atoms with Gasteiger partial charge in [0.25, 0.3) is 0 Å². The quantitative estimate of drug-likeness (QED) is 0.519. The molecule has 72 valence electrons. The summed E-state index contributed by atoms with van der Waals surface area (Å²) in [4.78, 5) is 11.4. The first kappa shape index (κ1) is 10.2. The van der Waals surface area contributed by atoms with Gasteiger partial charge in [-0.1, -0.05) is 17.7 Å². The second-order valence-corrected chi connectivity index (χ2v) is 3.79. The van der Waals surface area contributed by atoms with Crippen LogP contribution < -0.4 is 0 Å². The third-order valence-corrected chi connectivity index (χ3v) is 2.53. The van der Waals surface area contributed by atoms with Gasteiger partial charge in [-0.2, -0.15) is 0 Å². The summed E-state index contributed by atoms with van der Waals surface area (Å²) >= 11 is 0. The van der Waals surface area contributed by atoms with Gasteiger partial charge in [0, 0.05) is 6.42 Å². The molecule has 1 aliphatic rings. The maximum absolute atomic E-state index is 11.4. The first-order valence-electron chi connectivity index (χ1n) is 5.06. The lowest BCUT2D eigenvalue weighted by atomic mass is 10.0. The molecule has 0 unspecified atom stereocenters. The molecule has 0 spiro atoms. The molecule has 0 N–H and O–H groups in total. The van der Waals surface area contributed by atoms with Crippen LogP contribution in [0.4, 0.5) is 0 Å². The van der Waals surface area contributed by atoms with Gasteiger partial charge in [0.05, 0.1) is 0 Å². The standard InChI is InChI=1S/C12H18O/c1-10-6-3-4-9-12(13)11(2)8-5-7-10/h6,8H,3-5,7,9H2,1-2H3/b10-6+,11-8-. The molecule has 1 aliphatic carbocycles. The van der Waals surface area contributed by atoms with E-state index in [1.807, 2.05) is 6.92 Å². The molecule has 0 aliphatic heterocycles. The number of hydrogen-bond donors (Lipinski definition) is 0. The largest absolute Gasteiger partial charge is 0.295 e. The first-order valence-corrected chi connectivity index (χ1v) is 5.06. The van der Waals surface area contributed by atoms with E-state index in [9.17, 15) is 4.79 Å². The van der Waals surface area contributed by atoms with Crippen molar-refractivity contribution >= 4 is 5.78 Å². The lowest BCUT2D eigenvalue weighted by molar-refractivity contribution is -0.115. The van der Waals surface area contributed by atoms with Crippen LogP contribution in [0.1, 0.15) is 46.0 Å². The fourth-order valence-corrected chi connectivity index (χ4v) is 1.54. The lowest BCUT2D eigenvalue weighted by Crippen LogP contribution is -2.00. The maximum atomic E-state index is 11.4. The second-order valence-electron chi connectivity index (χ2n) is 3.79. The fourth-order valence-electron chi connectivity index (χ4n) is 1.54. The van der Waals surface area contributed by atoms with Gasteiger partial charge in [0.15, 0.2) is 5.78 Å². The Morgan fingerprint density at radius 2 is 1.85 bits per heavy atom. The number of hydrogen-bond acceptors (Lipinski definition) is 1. The molecule has 0 aromatic carbocycles. The summed E-state index contributed by atoms with van der Waals surface area (Å²) in [6.45, 7) is 4.11. The SMILES string of the molecule is C/C1=C/CC/C(C)=C/CCCC1=O. The summed E-state index contributed by atoms with van der Waals surface area (Å²) in [6.07, 6.45) is 9.23. The Balaban J connectivity index is 2.62. The van der Waals surface area contributed by atoms with Crippen molar-refractivity contribution < 1.29 is 4.79 Å². The van der Waals surface area contributed by atoms with E-state index in [0.717, 1.165) is 31.3 Å². The van der Waals surface area contributed by atoms with Gasteiger partial charge < -0.3 is 0 Å². The molecule has 0 aromatic heterocycles. The third kappa shape index (κ3) is 3.58. The van der Waals surface area contributed by atoms with Crippen LogP contribution in [0.2, 0.25) is 0 Å². The van der Waals surface area contributed by atoms with Crippen LogP contribution in [0.5, 0.6) is 0 Å². The van der Waals surface area contributed by atoms with Crippen LogP contribution in [-0.2, 0) is 4.79 Å². The normalized spacial score (nSPS) is 28.6. The smallest absolute Gasteiger partial charge is 0.158 e. The molecule has 0 radical (unpaired) electrons. The average molecular weight is 178 g/mol. The number of Topliss-reactive ketones (excluding diaryl/α,β-unsaturated/α-hetero) is 1. The first-order chi connectivity index (χ1) is 6.20. The molecule has 0 heterocycles. The second kappa shape index (κ2) is 5.00. The minimum absolute atomic E-state index is 0.327. The van der Waals surface area contributed by atoms with Crippen molar-refractivity contribution in [1.29, 1.82) is 0 Å². The number of carbonyl (C=O) groups excluding carboxylic acids is 1. The Hall–Kier alpha value is -0.850. The van der Waals surface area contributed by atoms with E-state index in [0.29, 0.717) is 12.2 Å². The highest BCUT2D eigenvalue weighted by Crippen LogP contribution is 2.13. The van der Waals surface area contributed by atoms with Gasteiger partial charge in [-0.15, -0.1) is 0 Å². The van der Waals surface area contributed by atoms with E-state index in [2.05, 4.69) is 19.1 Å². The molecule has 1 heteroatoms. The molecule has 0 aromatic rings. The minimum atomic E-state index is 0.327. The van der Waals surface area contributed by atoms with Crippen LogP contribution in [0.3, 0.4) is 0 Å². The molecule has 0 saturated carbocycles. The molecule has 0 atom stereocenters. The van der Waals surface area contributed by atoms with Crippen LogP contribution in [-0.4, -0.2) is 5.78 Å². The Morgan fingerprint density at radius 3 is 2.62 bits per heavy atom. The van der Waals surface area contributed by atoms with E-state index >= 15 is 0 Å². The summed E-state index contributed by atoms with van der Waals surface area (Å²) in [5.74, 6) is 0.327. The van der Waals surface area contributed by atoms with Crippen molar-refractivity contribution in [1.82, 2.24) is 0 Å².